The van der Waals surface area contributed by atoms with Crippen molar-refractivity contribution in [2.75, 3.05) is 24.5 Å². The van der Waals surface area contributed by atoms with Crippen LogP contribution < -0.4 is 10.6 Å². The first-order valence-electron chi connectivity index (χ1n) is 10.6. The third-order valence-electron chi connectivity index (χ3n) is 5.91. The van der Waals surface area contributed by atoms with Crippen LogP contribution in [0.2, 0.25) is 0 Å². The van der Waals surface area contributed by atoms with Gasteiger partial charge in [0.1, 0.15) is 5.82 Å². The molecule has 0 amide bonds. The number of aromatic nitrogens is 2. The fourth-order valence-corrected chi connectivity index (χ4v) is 4.13. The predicted octanol–water partition coefficient (Wildman–Crippen LogP) is 4.04. The molecule has 3 aromatic rings. The van der Waals surface area contributed by atoms with Gasteiger partial charge in [0.25, 0.3) is 0 Å². The topological polar surface area (TPSA) is 70.6 Å². The molecule has 2 aromatic carbocycles. The maximum atomic E-state index is 6.53. The summed E-state index contributed by atoms with van der Waals surface area (Å²) < 4.78 is 0. The fourth-order valence-electron chi connectivity index (χ4n) is 4.13. The van der Waals surface area contributed by atoms with E-state index in [1.165, 1.54) is 0 Å². The number of nitrogens with zero attached hydrogens (tertiary/aromatic N) is 5. The Hall–Kier alpha value is -3.15. The summed E-state index contributed by atoms with van der Waals surface area (Å²) in [6.45, 7) is 11.1. The Morgan fingerprint density at radius 1 is 1.03 bits per heavy atom. The number of fused-ring (bicyclic) bond motifs is 1. The number of nitrogens with two attached hydrogens (primary N) is 1. The highest BCUT2D eigenvalue weighted by molar-refractivity contribution is 5.83. The van der Waals surface area contributed by atoms with E-state index in [9.17, 15) is 0 Å². The molecule has 156 valence electrons. The number of hydrogen-bond donors (Lipinski definition) is 1. The Morgan fingerprint density at radius 3 is 2.43 bits per heavy atom. The fraction of sp³-hybridized carbons (Fsp3) is 0.375. The summed E-state index contributed by atoms with van der Waals surface area (Å²) >= 11 is 0. The van der Waals surface area contributed by atoms with Gasteiger partial charge in [-0.2, -0.15) is 0 Å². The minimum absolute atomic E-state index is 0.250. The zero-order valence-electron chi connectivity index (χ0n) is 18.2. The Balaban J connectivity index is 1.59. The molecule has 6 heteroatoms. The lowest BCUT2D eigenvalue weighted by molar-refractivity contribution is 0.222. The monoisotopic (exact) mass is 402 g/mol. The SMILES string of the molecule is Cc1cccc(C)c1N=C(N)N1CCN(c2cnc3ccccc3n2)CC1C(C)C. The summed E-state index contributed by atoms with van der Waals surface area (Å²) in [5.41, 5.74) is 11.6. The molecule has 1 saturated heterocycles. The number of rotatable bonds is 3. The van der Waals surface area contributed by atoms with Crippen LogP contribution in [-0.2, 0) is 0 Å². The van der Waals surface area contributed by atoms with Crippen LogP contribution in [0.15, 0.2) is 53.7 Å². The smallest absolute Gasteiger partial charge is 0.196 e. The van der Waals surface area contributed by atoms with Crippen molar-refractivity contribution < 1.29 is 0 Å². The quantitative estimate of drug-likeness (QED) is 0.529. The molecule has 1 aliphatic rings. The van der Waals surface area contributed by atoms with Crippen LogP contribution in [0.3, 0.4) is 0 Å². The van der Waals surface area contributed by atoms with E-state index >= 15 is 0 Å². The molecule has 2 N–H and O–H groups in total. The van der Waals surface area contributed by atoms with Gasteiger partial charge in [-0.3, -0.25) is 4.98 Å². The Kier molecular flexibility index (Phi) is 5.57. The van der Waals surface area contributed by atoms with Crippen molar-refractivity contribution in [3.63, 3.8) is 0 Å². The molecule has 0 radical (unpaired) electrons. The van der Waals surface area contributed by atoms with Gasteiger partial charge in [-0.1, -0.05) is 44.2 Å². The van der Waals surface area contributed by atoms with Gasteiger partial charge in [0, 0.05) is 19.6 Å². The van der Waals surface area contributed by atoms with Gasteiger partial charge in [0.15, 0.2) is 5.96 Å². The van der Waals surface area contributed by atoms with E-state index in [-0.39, 0.29) is 6.04 Å². The highest BCUT2D eigenvalue weighted by Gasteiger charge is 2.31. The predicted molar refractivity (Wildman–Crippen MR) is 124 cm³/mol. The minimum Gasteiger partial charge on any atom is -0.369 e. The maximum Gasteiger partial charge on any atom is 0.196 e. The van der Waals surface area contributed by atoms with Crippen LogP contribution in [0.1, 0.15) is 25.0 Å². The lowest BCUT2D eigenvalue weighted by Crippen LogP contribution is -2.59. The van der Waals surface area contributed by atoms with Crippen LogP contribution in [0.5, 0.6) is 0 Å². The van der Waals surface area contributed by atoms with Gasteiger partial charge < -0.3 is 15.5 Å². The molecule has 6 nitrogen and oxygen atoms in total. The van der Waals surface area contributed by atoms with Crippen LogP contribution in [0.4, 0.5) is 11.5 Å². The largest absolute Gasteiger partial charge is 0.369 e. The number of piperazine rings is 1. The number of aliphatic imine (C=N–C) groups is 1. The normalized spacial score (nSPS) is 17.8. The summed E-state index contributed by atoms with van der Waals surface area (Å²) in [4.78, 5) is 18.8. The molecule has 1 aliphatic heterocycles. The van der Waals surface area contributed by atoms with Crippen LogP contribution >= 0.6 is 0 Å². The van der Waals surface area contributed by atoms with E-state index in [4.69, 9.17) is 15.7 Å². The van der Waals surface area contributed by atoms with E-state index < -0.39 is 0 Å². The number of benzene rings is 2. The average Bonchev–Trinajstić information content (AvgIpc) is 2.75. The average molecular weight is 403 g/mol. The van der Waals surface area contributed by atoms with Crippen LogP contribution in [0.25, 0.3) is 11.0 Å². The molecule has 2 heterocycles. The second-order valence-corrected chi connectivity index (χ2v) is 8.38. The number of aryl methyl sites for hydroxylation is 2. The van der Waals surface area contributed by atoms with E-state index in [1.807, 2.05) is 30.5 Å². The molecular formula is C24H30N6. The van der Waals surface area contributed by atoms with Gasteiger partial charge in [-0.05, 0) is 43.0 Å². The number of guanidine groups is 1. The molecule has 1 unspecified atom stereocenters. The molecule has 0 bridgehead atoms. The van der Waals surface area contributed by atoms with E-state index in [1.54, 1.807) is 0 Å². The summed E-state index contributed by atoms with van der Waals surface area (Å²) in [7, 11) is 0. The lowest BCUT2D eigenvalue weighted by atomic mass is 10.00. The highest BCUT2D eigenvalue weighted by Crippen LogP contribution is 2.26. The van der Waals surface area contributed by atoms with E-state index in [0.717, 1.165) is 53.3 Å². The lowest BCUT2D eigenvalue weighted by Gasteiger charge is -2.44. The molecule has 4 rings (SSSR count). The van der Waals surface area contributed by atoms with Gasteiger partial charge >= 0.3 is 0 Å². The van der Waals surface area contributed by atoms with E-state index in [0.29, 0.717) is 11.9 Å². The summed E-state index contributed by atoms with van der Waals surface area (Å²) in [6.07, 6.45) is 1.88. The van der Waals surface area contributed by atoms with Crippen molar-refractivity contribution in [1.29, 1.82) is 0 Å². The molecular weight excluding hydrogens is 372 g/mol. The van der Waals surface area contributed by atoms with Crippen LogP contribution in [-0.4, -0.2) is 46.5 Å². The van der Waals surface area contributed by atoms with Gasteiger partial charge in [0.05, 0.1) is 29.0 Å². The van der Waals surface area contributed by atoms with Crippen LogP contribution in [0, 0.1) is 19.8 Å². The van der Waals surface area contributed by atoms with Crippen molar-refractivity contribution >= 4 is 28.5 Å². The van der Waals surface area contributed by atoms with Crippen molar-refractivity contribution in [2.24, 2.45) is 16.6 Å². The zero-order valence-corrected chi connectivity index (χ0v) is 18.2. The standard InChI is InChI=1S/C24H30N6/c1-16(2)21-15-29(22-14-26-19-10-5-6-11-20(19)27-22)12-13-30(21)24(25)28-23-17(3)8-7-9-18(23)4/h5-11,14,16,21H,12-13,15H2,1-4H3,(H2,25,28). The number of anilines is 1. The summed E-state index contributed by atoms with van der Waals surface area (Å²) in [5, 5.41) is 0. The molecule has 30 heavy (non-hydrogen) atoms. The van der Waals surface area contributed by atoms with Crippen molar-refractivity contribution in [2.45, 2.75) is 33.7 Å². The molecule has 1 fully saturated rings. The molecule has 0 aliphatic carbocycles. The molecule has 0 spiro atoms. The van der Waals surface area contributed by atoms with Gasteiger partial charge in [0.2, 0.25) is 0 Å². The Morgan fingerprint density at radius 2 is 1.73 bits per heavy atom. The van der Waals surface area contributed by atoms with Crippen molar-refractivity contribution in [3.05, 3.63) is 59.8 Å². The number of hydrogen-bond acceptors (Lipinski definition) is 4. The first-order valence-corrected chi connectivity index (χ1v) is 10.6. The summed E-state index contributed by atoms with van der Waals surface area (Å²) in [5.74, 6) is 1.94. The molecule has 1 aromatic heterocycles. The third kappa shape index (κ3) is 3.95. The minimum atomic E-state index is 0.250. The van der Waals surface area contributed by atoms with Gasteiger partial charge in [-0.15, -0.1) is 0 Å². The Bertz CT molecular complexity index is 1050. The summed E-state index contributed by atoms with van der Waals surface area (Å²) in [6, 6.07) is 14.5. The third-order valence-corrected chi connectivity index (χ3v) is 5.91. The second-order valence-electron chi connectivity index (χ2n) is 8.38. The zero-order chi connectivity index (χ0) is 21.3. The molecule has 1 atom stereocenters. The van der Waals surface area contributed by atoms with Crippen molar-refractivity contribution in [1.82, 2.24) is 14.9 Å². The molecule has 0 saturated carbocycles. The maximum absolute atomic E-state index is 6.53. The van der Waals surface area contributed by atoms with Gasteiger partial charge in [-0.25, -0.2) is 9.98 Å². The first kappa shape index (κ1) is 20.1. The van der Waals surface area contributed by atoms with Crippen molar-refractivity contribution in [3.8, 4) is 0 Å². The Labute approximate surface area is 178 Å². The second kappa shape index (κ2) is 8.30. The number of para-hydroxylation sites is 3. The highest BCUT2D eigenvalue weighted by atomic mass is 15.4. The van der Waals surface area contributed by atoms with E-state index in [2.05, 4.69) is 60.7 Å². The first-order chi connectivity index (χ1) is 14.4.